The number of hydrogen-bond acceptors (Lipinski definition) is 4. The molecule has 1 fully saturated rings. The number of carbonyl (C=O) groups is 2. The standard InChI is InChI=1S/C24H23N3O2S/c28-23(27-20-11-5-4-10-19(20)24(29)26-17-14-15-17)16-25-21-12-6-7-13-22(21)30-18-8-2-1-3-9-18/h1-13,17,25H,14-16H2,(H,26,29)(H,27,28). The van der Waals surface area contributed by atoms with Gasteiger partial charge in [-0.3, -0.25) is 9.59 Å². The first-order chi connectivity index (χ1) is 14.7. The van der Waals surface area contributed by atoms with Gasteiger partial charge in [0, 0.05) is 21.5 Å². The second kappa shape index (κ2) is 9.50. The topological polar surface area (TPSA) is 70.2 Å². The minimum Gasteiger partial charge on any atom is -0.375 e. The molecule has 0 spiro atoms. The molecule has 30 heavy (non-hydrogen) atoms. The Balaban J connectivity index is 1.38. The van der Waals surface area contributed by atoms with Crippen molar-refractivity contribution >= 4 is 35.0 Å². The minimum atomic E-state index is -0.207. The average Bonchev–Trinajstić information content (AvgIpc) is 3.58. The third kappa shape index (κ3) is 5.42. The van der Waals surface area contributed by atoms with E-state index in [1.165, 1.54) is 0 Å². The first kappa shape index (κ1) is 20.0. The Labute approximate surface area is 180 Å². The molecule has 0 bridgehead atoms. The number of hydrogen-bond donors (Lipinski definition) is 3. The Morgan fingerprint density at radius 3 is 2.27 bits per heavy atom. The lowest BCUT2D eigenvalue weighted by Gasteiger charge is -2.13. The van der Waals surface area contributed by atoms with Gasteiger partial charge in [-0.25, -0.2) is 0 Å². The maximum absolute atomic E-state index is 12.6. The molecule has 0 aliphatic heterocycles. The van der Waals surface area contributed by atoms with Crippen molar-refractivity contribution in [3.8, 4) is 0 Å². The number of para-hydroxylation sites is 2. The Morgan fingerprint density at radius 2 is 1.50 bits per heavy atom. The Kier molecular flexibility index (Phi) is 6.35. The van der Waals surface area contributed by atoms with Crippen molar-refractivity contribution in [1.82, 2.24) is 5.32 Å². The van der Waals surface area contributed by atoms with Crippen molar-refractivity contribution in [2.45, 2.75) is 28.7 Å². The molecule has 0 radical (unpaired) electrons. The van der Waals surface area contributed by atoms with Crippen LogP contribution in [0.1, 0.15) is 23.2 Å². The van der Waals surface area contributed by atoms with Crippen molar-refractivity contribution in [1.29, 1.82) is 0 Å². The van der Waals surface area contributed by atoms with E-state index in [0.717, 1.165) is 28.3 Å². The maximum Gasteiger partial charge on any atom is 0.253 e. The smallest absolute Gasteiger partial charge is 0.253 e. The van der Waals surface area contributed by atoms with Gasteiger partial charge in [-0.15, -0.1) is 0 Å². The average molecular weight is 418 g/mol. The molecule has 0 atom stereocenters. The third-order valence-corrected chi connectivity index (χ3v) is 5.74. The zero-order valence-electron chi connectivity index (χ0n) is 16.4. The molecule has 6 heteroatoms. The lowest BCUT2D eigenvalue weighted by molar-refractivity contribution is -0.114. The molecule has 4 rings (SSSR count). The zero-order valence-corrected chi connectivity index (χ0v) is 17.2. The van der Waals surface area contributed by atoms with Gasteiger partial charge in [0.2, 0.25) is 5.91 Å². The number of anilines is 2. The number of nitrogens with one attached hydrogen (secondary N) is 3. The van der Waals surface area contributed by atoms with Crippen LogP contribution >= 0.6 is 11.8 Å². The molecule has 0 aromatic heterocycles. The van der Waals surface area contributed by atoms with Gasteiger partial charge in [0.15, 0.2) is 0 Å². The first-order valence-electron chi connectivity index (χ1n) is 9.94. The van der Waals surface area contributed by atoms with Crippen LogP contribution < -0.4 is 16.0 Å². The number of carbonyl (C=O) groups excluding carboxylic acids is 2. The highest BCUT2D eigenvalue weighted by molar-refractivity contribution is 7.99. The SMILES string of the molecule is O=C(CNc1ccccc1Sc1ccccc1)Nc1ccccc1C(=O)NC1CC1. The lowest BCUT2D eigenvalue weighted by atomic mass is 10.1. The maximum atomic E-state index is 12.6. The van der Waals surface area contributed by atoms with Gasteiger partial charge in [0.1, 0.15) is 0 Å². The molecule has 3 aromatic rings. The zero-order chi connectivity index (χ0) is 20.8. The van der Waals surface area contributed by atoms with Crippen molar-refractivity contribution in [2.24, 2.45) is 0 Å². The molecule has 1 saturated carbocycles. The summed E-state index contributed by atoms with van der Waals surface area (Å²) >= 11 is 1.64. The van der Waals surface area contributed by atoms with Crippen molar-refractivity contribution in [2.75, 3.05) is 17.2 Å². The molecular formula is C24H23N3O2S. The lowest BCUT2D eigenvalue weighted by Crippen LogP contribution is -2.28. The fraction of sp³-hybridized carbons (Fsp3) is 0.167. The monoisotopic (exact) mass is 417 g/mol. The summed E-state index contributed by atoms with van der Waals surface area (Å²) in [6.07, 6.45) is 2.04. The van der Waals surface area contributed by atoms with Gasteiger partial charge in [0.25, 0.3) is 5.91 Å². The summed E-state index contributed by atoms with van der Waals surface area (Å²) in [6, 6.07) is 25.3. The van der Waals surface area contributed by atoms with Crippen LogP contribution in [0.15, 0.2) is 88.7 Å². The van der Waals surface area contributed by atoms with Gasteiger partial charge in [-0.05, 0) is 49.2 Å². The molecule has 0 saturated heterocycles. The van der Waals surface area contributed by atoms with Crippen LogP contribution in [-0.4, -0.2) is 24.4 Å². The highest BCUT2D eigenvalue weighted by atomic mass is 32.2. The first-order valence-corrected chi connectivity index (χ1v) is 10.8. The summed E-state index contributed by atoms with van der Waals surface area (Å²) in [6.45, 7) is 0.102. The van der Waals surface area contributed by atoms with Gasteiger partial charge in [-0.2, -0.15) is 0 Å². The molecule has 1 aliphatic carbocycles. The van der Waals surface area contributed by atoms with Crippen LogP contribution in [0.5, 0.6) is 0 Å². The van der Waals surface area contributed by atoms with Crippen molar-refractivity contribution < 1.29 is 9.59 Å². The largest absolute Gasteiger partial charge is 0.375 e. The summed E-state index contributed by atoms with van der Waals surface area (Å²) in [7, 11) is 0. The fourth-order valence-corrected chi connectivity index (χ4v) is 3.91. The van der Waals surface area contributed by atoms with Crippen LogP contribution in [0, 0.1) is 0 Å². The minimum absolute atomic E-state index is 0.102. The van der Waals surface area contributed by atoms with Crippen LogP contribution in [0.25, 0.3) is 0 Å². The Morgan fingerprint density at radius 1 is 0.833 bits per heavy atom. The highest BCUT2D eigenvalue weighted by Crippen LogP contribution is 2.33. The normalized spacial score (nSPS) is 12.8. The second-order valence-electron chi connectivity index (χ2n) is 7.11. The summed E-state index contributed by atoms with van der Waals surface area (Å²) in [5, 5.41) is 9.03. The van der Waals surface area contributed by atoms with Gasteiger partial charge in [0.05, 0.1) is 17.8 Å². The van der Waals surface area contributed by atoms with Crippen LogP contribution in [0.4, 0.5) is 11.4 Å². The van der Waals surface area contributed by atoms with E-state index in [1.54, 1.807) is 30.0 Å². The highest BCUT2D eigenvalue weighted by Gasteiger charge is 2.25. The van der Waals surface area contributed by atoms with Crippen molar-refractivity contribution in [3.05, 3.63) is 84.4 Å². The summed E-state index contributed by atoms with van der Waals surface area (Å²) < 4.78 is 0. The number of rotatable bonds is 8. The molecule has 2 amide bonds. The fourth-order valence-electron chi connectivity index (χ4n) is 2.97. The van der Waals surface area contributed by atoms with E-state index in [4.69, 9.17) is 0 Å². The van der Waals surface area contributed by atoms with E-state index in [1.807, 2.05) is 48.5 Å². The number of benzene rings is 3. The molecule has 0 unspecified atom stereocenters. The van der Waals surface area contributed by atoms with E-state index in [9.17, 15) is 9.59 Å². The van der Waals surface area contributed by atoms with Crippen LogP contribution in [-0.2, 0) is 4.79 Å². The van der Waals surface area contributed by atoms with Crippen LogP contribution in [0.3, 0.4) is 0 Å². The van der Waals surface area contributed by atoms with Crippen molar-refractivity contribution in [3.63, 3.8) is 0 Å². The molecule has 0 heterocycles. The van der Waals surface area contributed by atoms with E-state index < -0.39 is 0 Å². The Hall–Kier alpha value is -3.25. The summed E-state index contributed by atoms with van der Waals surface area (Å²) in [5.74, 6) is -0.354. The summed E-state index contributed by atoms with van der Waals surface area (Å²) in [5.41, 5.74) is 1.90. The molecule has 152 valence electrons. The predicted molar refractivity (Wildman–Crippen MR) is 121 cm³/mol. The van der Waals surface area contributed by atoms with E-state index in [-0.39, 0.29) is 24.4 Å². The molecule has 5 nitrogen and oxygen atoms in total. The molecule has 3 N–H and O–H groups in total. The van der Waals surface area contributed by atoms with Gasteiger partial charge >= 0.3 is 0 Å². The summed E-state index contributed by atoms with van der Waals surface area (Å²) in [4.78, 5) is 27.1. The van der Waals surface area contributed by atoms with E-state index in [2.05, 4.69) is 28.1 Å². The van der Waals surface area contributed by atoms with E-state index in [0.29, 0.717) is 11.3 Å². The predicted octanol–water partition coefficient (Wildman–Crippen LogP) is 4.78. The van der Waals surface area contributed by atoms with Gasteiger partial charge in [-0.1, -0.05) is 54.2 Å². The van der Waals surface area contributed by atoms with E-state index >= 15 is 0 Å². The molecule has 1 aliphatic rings. The quantitative estimate of drug-likeness (QED) is 0.493. The van der Waals surface area contributed by atoms with Crippen LogP contribution in [0.2, 0.25) is 0 Å². The number of amides is 2. The Bertz CT molecular complexity index is 1040. The third-order valence-electron chi connectivity index (χ3n) is 4.66. The van der Waals surface area contributed by atoms with Gasteiger partial charge < -0.3 is 16.0 Å². The molecule has 3 aromatic carbocycles. The second-order valence-corrected chi connectivity index (χ2v) is 8.22. The molecular weight excluding hydrogens is 394 g/mol.